The molecule has 0 rings (SSSR count). The number of nitrogens with one attached hydrogen (secondary N) is 1. The van der Waals surface area contributed by atoms with Gasteiger partial charge in [0.05, 0.1) is 0 Å². The molecule has 8 heavy (non-hydrogen) atoms. The Kier molecular flexibility index (Phi) is 4.93. The lowest BCUT2D eigenvalue weighted by molar-refractivity contribution is 1.06. The molecule has 3 nitrogen and oxygen atoms in total. The Bertz CT molecular complexity index is 101. The van der Waals surface area contributed by atoms with Crippen LogP contribution in [0.15, 0.2) is 4.99 Å². The van der Waals surface area contributed by atoms with Gasteiger partial charge in [0.2, 0.25) is 0 Å². The number of aliphatic imine (C=N–C) groups is 1. The third kappa shape index (κ3) is 4.04. The fourth-order valence-electron chi connectivity index (χ4n) is 0.143. The summed E-state index contributed by atoms with van der Waals surface area (Å²) in [5.74, 6) is 4.86. The largest absolute Gasteiger partial charge is 0.315 e. The van der Waals surface area contributed by atoms with Gasteiger partial charge in [0.1, 0.15) is 6.34 Å². The molecular formula is C3H7N3S2. The summed E-state index contributed by atoms with van der Waals surface area (Å²) in [5.41, 5.74) is 2.24. The van der Waals surface area contributed by atoms with E-state index in [-0.39, 0.29) is 0 Å². The summed E-state index contributed by atoms with van der Waals surface area (Å²) < 4.78 is 0.572. The Balaban J connectivity index is 3.37. The number of nitrogens with two attached hydrogens (primary N) is 1. The van der Waals surface area contributed by atoms with E-state index in [2.05, 4.69) is 10.4 Å². The molecule has 0 spiro atoms. The standard InChI is InChI=1S/C3H7N3S2/c1-8-3(7)5-2-6-4/h2H,4H2,1H3,(H,5,6,7). The minimum absolute atomic E-state index is 0.572. The maximum absolute atomic E-state index is 4.86. The van der Waals surface area contributed by atoms with Gasteiger partial charge < -0.3 is 5.43 Å². The van der Waals surface area contributed by atoms with Crippen LogP contribution in [-0.2, 0) is 0 Å². The number of hydrogen-bond donors (Lipinski definition) is 2. The van der Waals surface area contributed by atoms with Crippen molar-refractivity contribution in [1.29, 1.82) is 0 Å². The quantitative estimate of drug-likeness (QED) is 0.183. The smallest absolute Gasteiger partial charge is 0.161 e. The molecule has 3 N–H and O–H groups in total. The summed E-state index contributed by atoms with van der Waals surface area (Å²) in [5, 5.41) is 0. The molecule has 0 aliphatic rings. The fraction of sp³-hybridized carbons (Fsp3) is 0.333. The highest BCUT2D eigenvalue weighted by Crippen LogP contribution is 1.96. The van der Waals surface area contributed by atoms with Gasteiger partial charge >= 0.3 is 0 Å². The first kappa shape index (κ1) is 7.87. The van der Waals surface area contributed by atoms with Gasteiger partial charge in [0.25, 0.3) is 0 Å². The van der Waals surface area contributed by atoms with Crippen LogP contribution in [0.2, 0.25) is 0 Å². The van der Waals surface area contributed by atoms with Crippen LogP contribution < -0.4 is 11.3 Å². The zero-order chi connectivity index (χ0) is 6.41. The van der Waals surface area contributed by atoms with Crippen LogP contribution in [0.25, 0.3) is 0 Å². The van der Waals surface area contributed by atoms with E-state index in [9.17, 15) is 0 Å². The lowest BCUT2D eigenvalue weighted by Gasteiger charge is -1.86. The highest BCUT2D eigenvalue weighted by Gasteiger charge is 1.81. The minimum Gasteiger partial charge on any atom is -0.315 e. The van der Waals surface area contributed by atoms with Crippen molar-refractivity contribution in [3.8, 4) is 0 Å². The molecule has 0 aromatic heterocycles. The van der Waals surface area contributed by atoms with Crippen LogP contribution >= 0.6 is 24.0 Å². The molecule has 0 amide bonds. The number of nitrogens with zero attached hydrogens (tertiary/aromatic N) is 1. The van der Waals surface area contributed by atoms with E-state index in [0.717, 1.165) is 0 Å². The lowest BCUT2D eigenvalue weighted by atomic mass is 11.2. The molecule has 0 saturated heterocycles. The normalized spacial score (nSPS) is 9.75. The van der Waals surface area contributed by atoms with Gasteiger partial charge in [-0.1, -0.05) is 24.0 Å². The molecule has 0 heterocycles. The van der Waals surface area contributed by atoms with Crippen LogP contribution in [0, 0.1) is 0 Å². The molecule has 0 aromatic carbocycles. The average molecular weight is 149 g/mol. The van der Waals surface area contributed by atoms with Crippen LogP contribution in [0.5, 0.6) is 0 Å². The van der Waals surface area contributed by atoms with Gasteiger partial charge in [-0.15, -0.1) is 0 Å². The van der Waals surface area contributed by atoms with Crippen molar-refractivity contribution in [2.75, 3.05) is 6.26 Å². The Morgan fingerprint density at radius 2 is 2.62 bits per heavy atom. The summed E-state index contributed by atoms with van der Waals surface area (Å²) in [6.07, 6.45) is 3.20. The molecule has 5 heteroatoms. The maximum Gasteiger partial charge on any atom is 0.161 e. The van der Waals surface area contributed by atoms with Crippen molar-refractivity contribution in [2.45, 2.75) is 0 Å². The molecule has 0 atom stereocenters. The van der Waals surface area contributed by atoms with Gasteiger partial charge in [0.15, 0.2) is 4.32 Å². The van der Waals surface area contributed by atoms with Gasteiger partial charge in [-0.2, -0.15) is 0 Å². The summed E-state index contributed by atoms with van der Waals surface area (Å²) >= 11 is 6.09. The Hall–Kier alpha value is -0.130. The first-order valence-corrected chi connectivity index (χ1v) is 3.51. The summed E-state index contributed by atoms with van der Waals surface area (Å²) in [6.45, 7) is 0. The first-order chi connectivity index (χ1) is 3.81. The zero-order valence-corrected chi connectivity index (χ0v) is 6.05. The topological polar surface area (TPSA) is 50.4 Å². The van der Waals surface area contributed by atoms with Gasteiger partial charge in [0, 0.05) is 0 Å². The fourth-order valence-corrected chi connectivity index (χ4v) is 0.353. The minimum atomic E-state index is 0.572. The van der Waals surface area contributed by atoms with Crippen molar-refractivity contribution in [3.05, 3.63) is 0 Å². The second-order valence-corrected chi connectivity index (χ2v) is 2.33. The first-order valence-electron chi connectivity index (χ1n) is 1.88. The predicted octanol–water partition coefficient (Wildman–Crippen LogP) is 0.126. The zero-order valence-electron chi connectivity index (χ0n) is 4.42. The molecule has 0 bridgehead atoms. The third-order valence-corrected chi connectivity index (χ3v) is 1.48. The SMILES string of the molecule is CSC(=S)N=CNN. The summed E-state index contributed by atoms with van der Waals surface area (Å²) in [4.78, 5) is 3.69. The van der Waals surface area contributed by atoms with E-state index in [1.165, 1.54) is 18.1 Å². The molecule has 0 unspecified atom stereocenters. The Labute approximate surface area is 57.7 Å². The van der Waals surface area contributed by atoms with E-state index >= 15 is 0 Å². The Morgan fingerprint density at radius 1 is 2.00 bits per heavy atom. The van der Waals surface area contributed by atoms with Crippen molar-refractivity contribution in [2.24, 2.45) is 10.8 Å². The molecule has 0 fully saturated rings. The van der Waals surface area contributed by atoms with Crippen molar-refractivity contribution in [1.82, 2.24) is 5.43 Å². The number of rotatable bonds is 1. The van der Waals surface area contributed by atoms with Crippen LogP contribution in [0.3, 0.4) is 0 Å². The molecule has 0 saturated carbocycles. The second-order valence-electron chi connectivity index (χ2n) is 0.895. The van der Waals surface area contributed by atoms with Crippen LogP contribution in [0.1, 0.15) is 0 Å². The number of thiocarbonyl (C=S) groups is 1. The monoisotopic (exact) mass is 149 g/mol. The molecule has 0 aliphatic carbocycles. The van der Waals surface area contributed by atoms with E-state index in [1.54, 1.807) is 0 Å². The van der Waals surface area contributed by atoms with Crippen molar-refractivity contribution >= 4 is 34.6 Å². The molecule has 0 aromatic rings. The average Bonchev–Trinajstić information content (AvgIpc) is 1.83. The highest BCUT2D eigenvalue weighted by molar-refractivity contribution is 8.22. The third-order valence-electron chi connectivity index (χ3n) is 0.419. The molecular weight excluding hydrogens is 142 g/mol. The molecule has 0 aliphatic heterocycles. The van der Waals surface area contributed by atoms with Gasteiger partial charge in [-0.25, -0.2) is 10.8 Å². The Morgan fingerprint density at radius 3 is 3.00 bits per heavy atom. The molecule has 46 valence electrons. The van der Waals surface area contributed by atoms with Gasteiger partial charge in [-0.3, -0.25) is 0 Å². The van der Waals surface area contributed by atoms with Crippen LogP contribution in [0.4, 0.5) is 0 Å². The van der Waals surface area contributed by atoms with Gasteiger partial charge in [-0.05, 0) is 6.26 Å². The maximum atomic E-state index is 4.86. The van der Waals surface area contributed by atoms with Crippen molar-refractivity contribution in [3.63, 3.8) is 0 Å². The summed E-state index contributed by atoms with van der Waals surface area (Å²) in [6, 6.07) is 0. The number of thioether (sulfide) groups is 1. The lowest BCUT2D eigenvalue weighted by Crippen LogP contribution is -2.19. The number of hydrogen-bond acceptors (Lipinski definition) is 3. The van der Waals surface area contributed by atoms with E-state index < -0.39 is 0 Å². The van der Waals surface area contributed by atoms with E-state index in [1.807, 2.05) is 6.26 Å². The van der Waals surface area contributed by atoms with E-state index in [0.29, 0.717) is 4.32 Å². The van der Waals surface area contributed by atoms with E-state index in [4.69, 9.17) is 18.1 Å². The predicted molar refractivity (Wildman–Crippen MR) is 41.9 cm³/mol. The molecule has 0 radical (unpaired) electrons. The van der Waals surface area contributed by atoms with Crippen molar-refractivity contribution < 1.29 is 0 Å². The highest BCUT2D eigenvalue weighted by atomic mass is 32.2. The number of hydrazine groups is 1. The second kappa shape index (κ2) is 5.02. The van der Waals surface area contributed by atoms with Crippen LogP contribution in [-0.4, -0.2) is 16.9 Å². The summed E-state index contributed by atoms with van der Waals surface area (Å²) in [7, 11) is 0.